The summed E-state index contributed by atoms with van der Waals surface area (Å²) < 4.78 is 7.58. The first kappa shape index (κ1) is 14.7. The fourth-order valence-electron chi connectivity index (χ4n) is 1.55. The van der Waals surface area contributed by atoms with Gasteiger partial charge in [0.25, 0.3) is 0 Å². The van der Waals surface area contributed by atoms with E-state index in [0.29, 0.717) is 11.6 Å². The number of halogens is 3. The molecule has 0 fully saturated rings. The predicted octanol–water partition coefficient (Wildman–Crippen LogP) is 5.36. The van der Waals surface area contributed by atoms with Crippen LogP contribution in [0.1, 0.15) is 0 Å². The third kappa shape index (κ3) is 4.71. The first-order valence-corrected chi connectivity index (χ1v) is 7.69. The molecule has 0 atom stereocenters. The van der Waals surface area contributed by atoms with Crippen molar-refractivity contribution in [2.75, 3.05) is 18.5 Å². The SMILES string of the molecule is Clc1ccc(OCCNc2cccc(Br)c2)c(Br)c1. The van der Waals surface area contributed by atoms with Crippen molar-refractivity contribution in [1.82, 2.24) is 0 Å². The van der Waals surface area contributed by atoms with Crippen LogP contribution in [0.5, 0.6) is 5.75 Å². The zero-order chi connectivity index (χ0) is 13.7. The van der Waals surface area contributed by atoms with E-state index < -0.39 is 0 Å². The second kappa shape index (κ2) is 7.17. The van der Waals surface area contributed by atoms with Gasteiger partial charge in [-0.25, -0.2) is 0 Å². The van der Waals surface area contributed by atoms with E-state index >= 15 is 0 Å². The fourth-order valence-corrected chi connectivity index (χ4v) is 2.74. The van der Waals surface area contributed by atoms with E-state index in [0.717, 1.165) is 26.9 Å². The lowest BCUT2D eigenvalue weighted by Crippen LogP contribution is -2.11. The highest BCUT2D eigenvalue weighted by Gasteiger charge is 2.01. The summed E-state index contributed by atoms with van der Waals surface area (Å²) in [5, 5.41) is 3.98. The molecule has 5 heteroatoms. The van der Waals surface area contributed by atoms with Gasteiger partial charge in [-0.15, -0.1) is 0 Å². The lowest BCUT2D eigenvalue weighted by Gasteiger charge is -2.10. The third-order valence-corrected chi connectivity index (χ3v) is 3.76. The Bertz CT molecular complexity index is 563. The van der Waals surface area contributed by atoms with Crippen LogP contribution in [0.25, 0.3) is 0 Å². The van der Waals surface area contributed by atoms with E-state index in [4.69, 9.17) is 16.3 Å². The second-order valence-electron chi connectivity index (χ2n) is 3.86. The second-order valence-corrected chi connectivity index (χ2v) is 6.07. The van der Waals surface area contributed by atoms with Crippen LogP contribution in [0.3, 0.4) is 0 Å². The highest BCUT2D eigenvalue weighted by Crippen LogP contribution is 2.27. The molecule has 0 spiro atoms. The van der Waals surface area contributed by atoms with Crippen LogP contribution in [0, 0.1) is 0 Å². The van der Waals surface area contributed by atoms with Crippen LogP contribution in [0.15, 0.2) is 51.4 Å². The van der Waals surface area contributed by atoms with E-state index in [1.165, 1.54) is 0 Å². The van der Waals surface area contributed by atoms with Gasteiger partial charge in [0.2, 0.25) is 0 Å². The monoisotopic (exact) mass is 403 g/mol. The molecule has 0 aliphatic rings. The maximum atomic E-state index is 5.87. The van der Waals surface area contributed by atoms with Crippen LogP contribution in [-0.4, -0.2) is 13.2 Å². The van der Waals surface area contributed by atoms with Gasteiger partial charge >= 0.3 is 0 Å². The van der Waals surface area contributed by atoms with Crippen molar-refractivity contribution in [1.29, 1.82) is 0 Å². The largest absolute Gasteiger partial charge is 0.491 e. The van der Waals surface area contributed by atoms with Crippen molar-refractivity contribution in [2.24, 2.45) is 0 Å². The highest BCUT2D eigenvalue weighted by molar-refractivity contribution is 9.10. The molecule has 19 heavy (non-hydrogen) atoms. The molecule has 100 valence electrons. The molecular formula is C14H12Br2ClNO. The number of hydrogen-bond acceptors (Lipinski definition) is 2. The topological polar surface area (TPSA) is 21.3 Å². The van der Waals surface area contributed by atoms with Gasteiger partial charge in [-0.3, -0.25) is 0 Å². The number of hydrogen-bond donors (Lipinski definition) is 1. The molecule has 0 unspecified atom stereocenters. The standard InChI is InChI=1S/C14H12Br2ClNO/c15-10-2-1-3-12(8-10)18-6-7-19-14-5-4-11(17)9-13(14)16/h1-5,8-9,18H,6-7H2. The fraction of sp³-hybridized carbons (Fsp3) is 0.143. The van der Waals surface area contributed by atoms with Crippen LogP contribution in [-0.2, 0) is 0 Å². The summed E-state index contributed by atoms with van der Waals surface area (Å²) in [5.74, 6) is 0.792. The van der Waals surface area contributed by atoms with E-state index in [2.05, 4.69) is 37.2 Å². The minimum atomic E-state index is 0.576. The molecular weight excluding hydrogens is 393 g/mol. The van der Waals surface area contributed by atoms with Gasteiger partial charge in [0.05, 0.1) is 4.47 Å². The Morgan fingerprint density at radius 1 is 1.11 bits per heavy atom. The first-order valence-electron chi connectivity index (χ1n) is 5.72. The molecule has 0 aliphatic heterocycles. The van der Waals surface area contributed by atoms with E-state index in [9.17, 15) is 0 Å². The molecule has 2 aromatic carbocycles. The molecule has 0 saturated carbocycles. The van der Waals surface area contributed by atoms with Crippen molar-refractivity contribution in [3.63, 3.8) is 0 Å². The lowest BCUT2D eigenvalue weighted by atomic mass is 10.3. The van der Waals surface area contributed by atoms with Crippen molar-refractivity contribution < 1.29 is 4.74 Å². The Morgan fingerprint density at radius 3 is 2.68 bits per heavy atom. The summed E-state index contributed by atoms with van der Waals surface area (Å²) in [6.45, 7) is 1.30. The van der Waals surface area contributed by atoms with Crippen molar-refractivity contribution in [3.05, 3.63) is 56.4 Å². The molecule has 2 aromatic rings. The van der Waals surface area contributed by atoms with Crippen LogP contribution >= 0.6 is 43.5 Å². The smallest absolute Gasteiger partial charge is 0.133 e. The Balaban J connectivity index is 1.81. The summed E-state index contributed by atoms with van der Waals surface area (Å²) >= 11 is 12.7. The van der Waals surface area contributed by atoms with Gasteiger partial charge in [-0.1, -0.05) is 33.6 Å². The maximum absolute atomic E-state index is 5.87. The number of ether oxygens (including phenoxy) is 1. The zero-order valence-electron chi connectivity index (χ0n) is 10.00. The van der Waals surface area contributed by atoms with Crippen molar-refractivity contribution in [2.45, 2.75) is 0 Å². The van der Waals surface area contributed by atoms with Crippen molar-refractivity contribution >= 4 is 49.1 Å². The van der Waals surface area contributed by atoms with Crippen molar-refractivity contribution in [3.8, 4) is 5.75 Å². The third-order valence-electron chi connectivity index (χ3n) is 2.41. The van der Waals surface area contributed by atoms with Gasteiger partial charge in [-0.2, -0.15) is 0 Å². The Hall–Kier alpha value is -0.710. The Morgan fingerprint density at radius 2 is 1.95 bits per heavy atom. The number of nitrogens with one attached hydrogen (secondary N) is 1. The van der Waals surface area contributed by atoms with Crippen LogP contribution in [0.4, 0.5) is 5.69 Å². The molecule has 0 aliphatic carbocycles. The minimum Gasteiger partial charge on any atom is -0.491 e. The van der Waals surface area contributed by atoms with E-state index in [1.807, 2.05) is 42.5 Å². The zero-order valence-corrected chi connectivity index (χ0v) is 13.9. The van der Waals surface area contributed by atoms with Crippen LogP contribution < -0.4 is 10.1 Å². The summed E-state index contributed by atoms with van der Waals surface area (Å²) in [5.41, 5.74) is 1.06. The van der Waals surface area contributed by atoms with E-state index in [-0.39, 0.29) is 0 Å². The number of rotatable bonds is 5. The Kier molecular flexibility index (Phi) is 5.55. The quantitative estimate of drug-likeness (QED) is 0.677. The van der Waals surface area contributed by atoms with Gasteiger partial charge in [0.15, 0.2) is 0 Å². The lowest BCUT2D eigenvalue weighted by molar-refractivity contribution is 0.331. The average molecular weight is 406 g/mol. The summed E-state index contributed by atoms with van der Waals surface area (Å²) in [6.07, 6.45) is 0. The van der Waals surface area contributed by atoms with Gasteiger partial charge < -0.3 is 10.1 Å². The molecule has 2 nitrogen and oxygen atoms in total. The first-order chi connectivity index (χ1) is 9.15. The van der Waals surface area contributed by atoms with Gasteiger partial charge in [-0.05, 0) is 52.3 Å². The molecule has 0 saturated heterocycles. The molecule has 0 bridgehead atoms. The molecule has 0 heterocycles. The highest BCUT2D eigenvalue weighted by atomic mass is 79.9. The predicted molar refractivity (Wildman–Crippen MR) is 87.3 cm³/mol. The number of benzene rings is 2. The summed E-state index contributed by atoms with van der Waals surface area (Å²) in [6, 6.07) is 13.5. The Labute approximate surface area is 134 Å². The average Bonchev–Trinajstić information content (AvgIpc) is 2.37. The molecule has 0 radical (unpaired) electrons. The van der Waals surface area contributed by atoms with Gasteiger partial charge in [0.1, 0.15) is 12.4 Å². The number of anilines is 1. The van der Waals surface area contributed by atoms with Gasteiger partial charge in [0, 0.05) is 21.7 Å². The van der Waals surface area contributed by atoms with Crippen LogP contribution in [0.2, 0.25) is 5.02 Å². The minimum absolute atomic E-state index is 0.576. The van der Waals surface area contributed by atoms with E-state index in [1.54, 1.807) is 0 Å². The maximum Gasteiger partial charge on any atom is 0.133 e. The molecule has 1 N–H and O–H groups in total. The molecule has 2 rings (SSSR count). The summed E-state index contributed by atoms with van der Waals surface area (Å²) in [7, 11) is 0. The normalized spacial score (nSPS) is 10.3. The molecule has 0 aromatic heterocycles. The molecule has 0 amide bonds. The summed E-state index contributed by atoms with van der Waals surface area (Å²) in [4.78, 5) is 0.